The Bertz CT molecular complexity index is 1130. The highest BCUT2D eigenvalue weighted by Gasteiger charge is 2.19. The Balaban J connectivity index is 1.95. The molecular weight excluding hydrogens is 391 g/mol. The average Bonchev–Trinajstić information content (AvgIpc) is 2.75. The molecule has 0 aliphatic heterocycles. The molecule has 0 unspecified atom stereocenters. The topological polar surface area (TPSA) is 111 Å². The van der Waals surface area contributed by atoms with E-state index in [1.807, 2.05) is 18.2 Å². The van der Waals surface area contributed by atoms with Crippen molar-refractivity contribution in [1.29, 1.82) is 0 Å². The highest BCUT2D eigenvalue weighted by molar-refractivity contribution is 6.11. The smallest absolute Gasteiger partial charge is 0.271 e. The molecule has 3 rings (SSSR count). The summed E-state index contributed by atoms with van der Waals surface area (Å²) in [6.07, 6.45) is 3.39. The van der Waals surface area contributed by atoms with Crippen LogP contribution in [0, 0.1) is 26.0 Å². The summed E-state index contributed by atoms with van der Waals surface area (Å²) in [7, 11) is 0. The summed E-state index contributed by atoms with van der Waals surface area (Å²) >= 11 is 0. The van der Waals surface area contributed by atoms with E-state index in [1.54, 1.807) is 36.4 Å². The number of anilines is 1. The Hall–Kier alpha value is -4.40. The molecule has 30 heavy (non-hydrogen) atoms. The van der Waals surface area contributed by atoms with Gasteiger partial charge in [0.2, 0.25) is 0 Å². The number of allylic oxidation sites excluding steroid dienone is 1. The minimum atomic E-state index is -0.721. The van der Waals surface area contributed by atoms with Gasteiger partial charge in [-0.05, 0) is 29.8 Å². The standard InChI is InChI=1S/C21H15FN4O4/c22-17-9-6-15(7-10-17)8-12-19(16-4-2-1-3-5-16)23-24-20-13-11-18(25(27)28)14-21(20)26(29)30/h1-14,24H/b12-8+,23-19+. The molecule has 8 nitrogen and oxygen atoms in total. The van der Waals surface area contributed by atoms with Crippen molar-refractivity contribution < 1.29 is 14.2 Å². The number of benzene rings is 3. The Kier molecular flexibility index (Phi) is 6.23. The molecule has 1 N–H and O–H groups in total. The van der Waals surface area contributed by atoms with Crippen LogP contribution in [0.3, 0.4) is 0 Å². The minimum absolute atomic E-state index is 0.00853. The maximum absolute atomic E-state index is 13.1. The van der Waals surface area contributed by atoms with Gasteiger partial charge >= 0.3 is 5.69 Å². The second kappa shape index (κ2) is 9.20. The van der Waals surface area contributed by atoms with Gasteiger partial charge in [0.15, 0.2) is 0 Å². The van der Waals surface area contributed by atoms with Crippen molar-refractivity contribution in [3.05, 3.63) is 116 Å². The van der Waals surface area contributed by atoms with Crippen LogP contribution in [0.4, 0.5) is 21.5 Å². The highest BCUT2D eigenvalue weighted by Crippen LogP contribution is 2.29. The fourth-order valence-corrected chi connectivity index (χ4v) is 2.56. The molecule has 0 radical (unpaired) electrons. The molecule has 0 fully saturated rings. The molecule has 0 saturated heterocycles. The average molecular weight is 406 g/mol. The monoisotopic (exact) mass is 406 g/mol. The number of nitrogens with zero attached hydrogens (tertiary/aromatic N) is 3. The number of nitro benzene ring substituents is 2. The van der Waals surface area contributed by atoms with Gasteiger partial charge in [0.05, 0.1) is 21.6 Å². The largest absolute Gasteiger partial charge is 0.301 e. The number of hydrogen-bond donors (Lipinski definition) is 1. The molecular formula is C21H15FN4O4. The molecule has 0 spiro atoms. The van der Waals surface area contributed by atoms with Crippen molar-refractivity contribution >= 4 is 28.8 Å². The van der Waals surface area contributed by atoms with Crippen LogP contribution in [-0.4, -0.2) is 15.6 Å². The zero-order valence-corrected chi connectivity index (χ0v) is 15.4. The van der Waals surface area contributed by atoms with Gasteiger partial charge in [0, 0.05) is 11.6 Å². The Morgan fingerprint density at radius 1 is 0.933 bits per heavy atom. The quantitative estimate of drug-likeness (QED) is 0.330. The molecule has 0 amide bonds. The number of non-ortho nitro benzene ring substituents is 1. The van der Waals surface area contributed by atoms with Crippen LogP contribution in [0.2, 0.25) is 0 Å². The lowest BCUT2D eigenvalue weighted by Crippen LogP contribution is -2.03. The molecule has 3 aromatic rings. The van der Waals surface area contributed by atoms with Crippen molar-refractivity contribution in [3.63, 3.8) is 0 Å². The lowest BCUT2D eigenvalue weighted by atomic mass is 10.1. The van der Waals surface area contributed by atoms with Crippen LogP contribution >= 0.6 is 0 Å². The first-order valence-electron chi connectivity index (χ1n) is 8.69. The van der Waals surface area contributed by atoms with Crippen LogP contribution in [-0.2, 0) is 0 Å². The number of nitro groups is 2. The molecule has 0 bridgehead atoms. The Morgan fingerprint density at radius 2 is 1.63 bits per heavy atom. The number of nitrogens with one attached hydrogen (secondary N) is 1. The van der Waals surface area contributed by atoms with Crippen molar-refractivity contribution in [1.82, 2.24) is 0 Å². The van der Waals surface area contributed by atoms with E-state index in [9.17, 15) is 24.6 Å². The van der Waals surface area contributed by atoms with Gasteiger partial charge in [-0.1, -0.05) is 48.5 Å². The third-order valence-corrected chi connectivity index (χ3v) is 4.06. The van der Waals surface area contributed by atoms with Gasteiger partial charge in [0.1, 0.15) is 11.5 Å². The highest BCUT2D eigenvalue weighted by atomic mass is 19.1. The van der Waals surface area contributed by atoms with Crippen molar-refractivity contribution in [2.45, 2.75) is 0 Å². The normalized spacial score (nSPS) is 11.4. The number of halogens is 1. The molecule has 150 valence electrons. The van der Waals surface area contributed by atoms with E-state index in [4.69, 9.17) is 0 Å². The second-order valence-electron chi connectivity index (χ2n) is 6.08. The number of rotatable bonds is 7. The Morgan fingerprint density at radius 3 is 2.27 bits per heavy atom. The van der Waals surface area contributed by atoms with Crippen LogP contribution in [0.25, 0.3) is 6.08 Å². The summed E-state index contributed by atoms with van der Waals surface area (Å²) in [5.74, 6) is -0.351. The lowest BCUT2D eigenvalue weighted by Gasteiger charge is -2.06. The summed E-state index contributed by atoms with van der Waals surface area (Å²) in [5.41, 5.74) is 3.68. The molecule has 0 saturated carbocycles. The van der Waals surface area contributed by atoms with Crippen LogP contribution in [0.1, 0.15) is 11.1 Å². The summed E-state index contributed by atoms with van der Waals surface area (Å²) in [5, 5.41) is 26.4. The third-order valence-electron chi connectivity index (χ3n) is 4.06. The Labute approximate surface area is 170 Å². The minimum Gasteiger partial charge on any atom is -0.271 e. The van der Waals surface area contributed by atoms with E-state index in [0.717, 1.165) is 23.3 Å². The second-order valence-corrected chi connectivity index (χ2v) is 6.08. The first kappa shape index (κ1) is 20.3. The van der Waals surface area contributed by atoms with Crippen molar-refractivity contribution in [3.8, 4) is 0 Å². The van der Waals surface area contributed by atoms with E-state index in [0.29, 0.717) is 5.71 Å². The van der Waals surface area contributed by atoms with Gasteiger partial charge in [-0.15, -0.1) is 0 Å². The third kappa shape index (κ3) is 5.10. The van der Waals surface area contributed by atoms with Gasteiger partial charge in [-0.3, -0.25) is 25.7 Å². The SMILES string of the molecule is O=[N+]([O-])c1ccc(N/N=C(\C=C\c2ccc(F)cc2)c2ccccc2)c([N+](=O)[O-])c1. The summed E-state index contributed by atoms with van der Waals surface area (Å²) in [6, 6.07) is 18.2. The maximum Gasteiger partial charge on any atom is 0.301 e. The predicted octanol–water partition coefficient (Wildman–Crippen LogP) is 5.17. The van der Waals surface area contributed by atoms with E-state index in [-0.39, 0.29) is 11.5 Å². The van der Waals surface area contributed by atoms with Gasteiger partial charge in [-0.25, -0.2) is 4.39 Å². The molecule has 0 aliphatic carbocycles. The van der Waals surface area contributed by atoms with E-state index >= 15 is 0 Å². The molecule has 0 heterocycles. The number of hydrogen-bond acceptors (Lipinski definition) is 6. The zero-order chi connectivity index (χ0) is 21.5. The molecule has 9 heteroatoms. The molecule has 0 aromatic heterocycles. The van der Waals surface area contributed by atoms with Crippen LogP contribution in [0.5, 0.6) is 0 Å². The van der Waals surface area contributed by atoms with Gasteiger partial charge in [0.25, 0.3) is 5.69 Å². The molecule has 0 atom stereocenters. The number of hydrazone groups is 1. The van der Waals surface area contributed by atoms with Crippen molar-refractivity contribution in [2.75, 3.05) is 5.43 Å². The van der Waals surface area contributed by atoms with E-state index in [1.165, 1.54) is 18.2 Å². The molecule has 0 aliphatic rings. The van der Waals surface area contributed by atoms with Gasteiger partial charge in [-0.2, -0.15) is 5.10 Å². The van der Waals surface area contributed by atoms with Gasteiger partial charge < -0.3 is 0 Å². The fraction of sp³-hybridized carbons (Fsp3) is 0. The van der Waals surface area contributed by atoms with Crippen LogP contribution in [0.15, 0.2) is 84.0 Å². The first-order chi connectivity index (χ1) is 14.4. The van der Waals surface area contributed by atoms with Crippen molar-refractivity contribution in [2.24, 2.45) is 5.10 Å². The lowest BCUT2D eigenvalue weighted by molar-refractivity contribution is -0.393. The summed E-state index contributed by atoms with van der Waals surface area (Å²) < 4.78 is 13.1. The maximum atomic E-state index is 13.1. The van der Waals surface area contributed by atoms with Crippen LogP contribution < -0.4 is 5.43 Å². The fourth-order valence-electron chi connectivity index (χ4n) is 2.56. The zero-order valence-electron chi connectivity index (χ0n) is 15.4. The summed E-state index contributed by atoms with van der Waals surface area (Å²) in [6.45, 7) is 0. The van der Waals surface area contributed by atoms with E-state index in [2.05, 4.69) is 10.5 Å². The first-order valence-corrected chi connectivity index (χ1v) is 8.69. The molecule has 3 aromatic carbocycles. The predicted molar refractivity (Wildman–Crippen MR) is 112 cm³/mol. The summed E-state index contributed by atoms with van der Waals surface area (Å²) in [4.78, 5) is 20.8. The van der Waals surface area contributed by atoms with E-state index < -0.39 is 21.2 Å².